The molecule has 2 aromatic carbocycles. The minimum atomic E-state index is -0.843. The van der Waals surface area contributed by atoms with Crippen LogP contribution in [0.1, 0.15) is 90.6 Å². The molecule has 1 N–H and O–H groups in total. The van der Waals surface area contributed by atoms with Gasteiger partial charge in [-0.1, -0.05) is 65.0 Å². The number of hydrogen-bond acceptors (Lipinski definition) is 8. The number of phenols is 1. The van der Waals surface area contributed by atoms with Crippen molar-refractivity contribution in [3.05, 3.63) is 83.5 Å². The van der Waals surface area contributed by atoms with Gasteiger partial charge in [0.1, 0.15) is 11.8 Å². The predicted octanol–water partition coefficient (Wildman–Crippen LogP) is 5.51. The molecule has 1 aliphatic heterocycles. The summed E-state index contributed by atoms with van der Waals surface area (Å²) in [7, 11) is 1.55. The van der Waals surface area contributed by atoms with Crippen LogP contribution in [-0.4, -0.2) is 36.0 Å². The van der Waals surface area contributed by atoms with E-state index in [0.29, 0.717) is 38.7 Å². The molecule has 0 fully saturated rings. The molecule has 0 spiro atoms. The Hall–Kier alpha value is -3.85. The molecule has 9 heteroatoms. The van der Waals surface area contributed by atoms with Crippen molar-refractivity contribution in [1.82, 2.24) is 4.57 Å². The van der Waals surface area contributed by atoms with Crippen LogP contribution in [0.2, 0.25) is 0 Å². The van der Waals surface area contributed by atoms with Gasteiger partial charge in [-0.25, -0.2) is 9.79 Å². The van der Waals surface area contributed by atoms with Crippen LogP contribution in [0.3, 0.4) is 0 Å². The lowest BCUT2D eigenvalue weighted by Crippen LogP contribution is -2.40. The van der Waals surface area contributed by atoms with E-state index in [1.807, 2.05) is 37.3 Å². The van der Waals surface area contributed by atoms with Crippen molar-refractivity contribution in [3.63, 3.8) is 0 Å². The Labute approximate surface area is 257 Å². The topological polar surface area (TPSA) is 99.4 Å². The predicted molar refractivity (Wildman–Crippen MR) is 170 cm³/mol. The maximum atomic E-state index is 14.3. The third kappa shape index (κ3) is 6.13. The fraction of sp³-hybridized carbons (Fsp3) is 0.441. The smallest absolute Gasteiger partial charge is 0.338 e. The molecule has 43 heavy (non-hydrogen) atoms. The third-order valence-electron chi connectivity index (χ3n) is 7.38. The Morgan fingerprint density at radius 3 is 2.23 bits per heavy atom. The molecule has 1 aliphatic rings. The molecule has 0 saturated carbocycles. The summed E-state index contributed by atoms with van der Waals surface area (Å²) in [4.78, 5) is 32.8. The summed E-state index contributed by atoms with van der Waals surface area (Å²) in [6, 6.07) is 8.45. The largest absolute Gasteiger partial charge is 0.507 e. The first-order valence-electron chi connectivity index (χ1n) is 14.5. The molecule has 8 nitrogen and oxygen atoms in total. The Kier molecular flexibility index (Phi) is 8.97. The zero-order valence-electron chi connectivity index (χ0n) is 26.7. The van der Waals surface area contributed by atoms with Crippen molar-refractivity contribution in [2.45, 2.75) is 79.2 Å². The number of thiazole rings is 1. The van der Waals surface area contributed by atoms with Crippen LogP contribution in [-0.2, 0) is 20.4 Å². The molecular weight excluding hydrogens is 564 g/mol. The van der Waals surface area contributed by atoms with Crippen LogP contribution < -0.4 is 24.4 Å². The number of esters is 1. The summed E-state index contributed by atoms with van der Waals surface area (Å²) in [5, 5.41) is 11.2. The first-order chi connectivity index (χ1) is 20.1. The normalized spacial score (nSPS) is 15.7. The van der Waals surface area contributed by atoms with E-state index < -0.39 is 12.0 Å². The Bertz CT molecular complexity index is 1730. The summed E-state index contributed by atoms with van der Waals surface area (Å²) in [5.74, 6) is 0.672. The van der Waals surface area contributed by atoms with Crippen LogP contribution in [0.4, 0.5) is 0 Å². The summed E-state index contributed by atoms with van der Waals surface area (Å²) >= 11 is 1.25. The lowest BCUT2D eigenvalue weighted by molar-refractivity contribution is -0.139. The monoisotopic (exact) mass is 606 g/mol. The van der Waals surface area contributed by atoms with Gasteiger partial charge in [0, 0.05) is 16.7 Å². The van der Waals surface area contributed by atoms with E-state index in [2.05, 4.69) is 41.5 Å². The molecular formula is C34H42N2O6S. The van der Waals surface area contributed by atoms with Gasteiger partial charge >= 0.3 is 5.97 Å². The second-order valence-electron chi connectivity index (χ2n) is 12.6. The highest BCUT2D eigenvalue weighted by atomic mass is 32.1. The number of allylic oxidation sites excluding steroid dienone is 1. The Morgan fingerprint density at radius 2 is 1.70 bits per heavy atom. The van der Waals surface area contributed by atoms with E-state index in [9.17, 15) is 14.7 Å². The minimum Gasteiger partial charge on any atom is -0.507 e. The van der Waals surface area contributed by atoms with Gasteiger partial charge in [-0.05, 0) is 61.4 Å². The van der Waals surface area contributed by atoms with E-state index in [0.717, 1.165) is 16.7 Å². The molecule has 2 heterocycles. The number of phenolic OH excluding ortho intramolecular Hbond substituents is 1. The third-order valence-corrected chi connectivity index (χ3v) is 8.36. The summed E-state index contributed by atoms with van der Waals surface area (Å²) in [5.41, 5.74) is 2.79. The van der Waals surface area contributed by atoms with Gasteiger partial charge < -0.3 is 19.3 Å². The number of fused-ring (bicyclic) bond motifs is 1. The molecule has 1 aromatic heterocycles. The van der Waals surface area contributed by atoms with Gasteiger partial charge in [0.15, 0.2) is 16.3 Å². The lowest BCUT2D eigenvalue weighted by atomic mass is 9.78. The number of rotatable bonds is 7. The summed E-state index contributed by atoms with van der Waals surface area (Å²) < 4.78 is 19.1. The Balaban J connectivity index is 2.05. The molecule has 230 valence electrons. The minimum absolute atomic E-state index is 0.177. The van der Waals surface area contributed by atoms with E-state index in [1.165, 1.54) is 11.3 Å². The van der Waals surface area contributed by atoms with E-state index >= 15 is 0 Å². The first-order valence-corrected chi connectivity index (χ1v) is 15.3. The van der Waals surface area contributed by atoms with Crippen LogP contribution >= 0.6 is 11.3 Å². The second kappa shape index (κ2) is 12.0. The van der Waals surface area contributed by atoms with Crippen LogP contribution in [0, 0.1) is 0 Å². The number of methoxy groups -OCH3 is 1. The number of carbonyl (C=O) groups is 1. The second-order valence-corrected chi connectivity index (χ2v) is 13.6. The highest BCUT2D eigenvalue weighted by Crippen LogP contribution is 2.42. The number of nitrogens with zero attached hydrogens (tertiary/aromatic N) is 2. The van der Waals surface area contributed by atoms with E-state index in [-0.39, 0.29) is 34.3 Å². The van der Waals surface area contributed by atoms with Crippen molar-refractivity contribution in [1.29, 1.82) is 0 Å². The number of aromatic hydroxyl groups is 1. The number of para-hydroxylation sites is 1. The molecule has 4 rings (SSSR count). The molecule has 1 atom stereocenters. The maximum absolute atomic E-state index is 14.3. The van der Waals surface area contributed by atoms with Crippen LogP contribution in [0.5, 0.6) is 17.2 Å². The molecule has 0 aliphatic carbocycles. The van der Waals surface area contributed by atoms with Gasteiger partial charge in [-0.15, -0.1) is 0 Å². The lowest BCUT2D eigenvalue weighted by Gasteiger charge is -2.27. The van der Waals surface area contributed by atoms with E-state index in [4.69, 9.17) is 19.2 Å². The van der Waals surface area contributed by atoms with Gasteiger partial charge in [-0.3, -0.25) is 9.36 Å². The van der Waals surface area contributed by atoms with Crippen molar-refractivity contribution in [2.24, 2.45) is 4.99 Å². The average molecular weight is 607 g/mol. The first kappa shape index (κ1) is 32.1. The van der Waals surface area contributed by atoms with Gasteiger partial charge in [0.2, 0.25) is 0 Å². The number of aromatic nitrogens is 1. The van der Waals surface area contributed by atoms with Gasteiger partial charge in [0.05, 0.1) is 36.1 Å². The number of ether oxygens (including phenoxy) is 3. The highest BCUT2D eigenvalue weighted by molar-refractivity contribution is 7.07. The fourth-order valence-corrected chi connectivity index (χ4v) is 6.37. The van der Waals surface area contributed by atoms with Gasteiger partial charge in [0.25, 0.3) is 5.56 Å². The number of carbonyl (C=O) groups excluding carboxylic acids is 1. The van der Waals surface area contributed by atoms with Gasteiger partial charge in [-0.2, -0.15) is 0 Å². The summed E-state index contributed by atoms with van der Waals surface area (Å²) in [6.45, 7) is 18.2. The molecule has 3 aromatic rings. The van der Waals surface area contributed by atoms with Crippen molar-refractivity contribution in [3.8, 4) is 17.2 Å². The number of hydrogen-bond donors (Lipinski definition) is 1. The average Bonchev–Trinajstić information content (AvgIpc) is 3.21. The SMILES string of the molecule is CCOC(=O)C1=C(C)N=c2sc(=Cc3cc(C(C)(C)C)c(O)c(C(C)(C)C)c3)c(=O)n2C1c1cccc(OC)c1OCC. The molecule has 0 radical (unpaired) electrons. The molecule has 0 amide bonds. The summed E-state index contributed by atoms with van der Waals surface area (Å²) in [6.07, 6.45) is 1.84. The molecule has 0 bridgehead atoms. The Morgan fingerprint density at radius 1 is 1.07 bits per heavy atom. The van der Waals surface area contributed by atoms with Crippen LogP contribution in [0.25, 0.3) is 6.08 Å². The zero-order chi connectivity index (χ0) is 31.9. The van der Waals surface area contributed by atoms with E-state index in [1.54, 1.807) is 31.6 Å². The quantitative estimate of drug-likeness (QED) is 0.357. The standard InChI is InChI=1S/C34H42N2O6S/c1-11-41-29-21(14-13-15-24(29)40-10)27-26(31(39)42-12-2)19(3)35-32-36(27)30(38)25(43-32)18-20-16-22(33(4,5)6)28(37)23(17-20)34(7,8)9/h13-18,27,37H,11-12H2,1-10H3. The van der Waals surface area contributed by atoms with Crippen molar-refractivity contribution >= 4 is 23.4 Å². The van der Waals surface area contributed by atoms with Crippen molar-refractivity contribution in [2.75, 3.05) is 20.3 Å². The highest BCUT2D eigenvalue weighted by Gasteiger charge is 2.36. The molecule has 1 unspecified atom stereocenters. The molecule has 0 saturated heterocycles. The van der Waals surface area contributed by atoms with Crippen LogP contribution in [0.15, 0.2) is 51.4 Å². The van der Waals surface area contributed by atoms with Crippen molar-refractivity contribution < 1.29 is 24.1 Å². The fourth-order valence-electron chi connectivity index (χ4n) is 5.33. The maximum Gasteiger partial charge on any atom is 0.338 e. The zero-order valence-corrected chi connectivity index (χ0v) is 27.6. The number of benzene rings is 2.